The lowest BCUT2D eigenvalue weighted by atomic mass is 10.0. The number of hydrogen-bond acceptors (Lipinski definition) is 1. The number of hydrogen-bond donors (Lipinski definition) is 1. The third-order valence-corrected chi connectivity index (χ3v) is 6.05. The summed E-state index contributed by atoms with van der Waals surface area (Å²) >= 11 is 0. The van der Waals surface area contributed by atoms with E-state index in [-0.39, 0.29) is 17.9 Å². The highest BCUT2D eigenvalue weighted by molar-refractivity contribution is 5.91. The second-order valence-corrected chi connectivity index (χ2v) is 8.26. The molecule has 0 saturated carbocycles. The lowest BCUT2D eigenvalue weighted by Gasteiger charge is -2.31. The van der Waals surface area contributed by atoms with Gasteiger partial charge in [0.15, 0.2) is 0 Å². The number of carbonyl (C=O) groups excluding carboxylic acids is 1. The summed E-state index contributed by atoms with van der Waals surface area (Å²) in [7, 11) is 0. The number of fused-ring (bicyclic) bond motifs is 3. The van der Waals surface area contributed by atoms with Crippen LogP contribution in [0.4, 0.5) is 14.9 Å². The molecule has 0 bridgehead atoms. The number of nitrogens with one attached hydrogen (secondary N) is 1. The van der Waals surface area contributed by atoms with Crippen LogP contribution in [-0.2, 0) is 6.54 Å². The zero-order valence-corrected chi connectivity index (χ0v) is 18.0. The van der Waals surface area contributed by atoms with Crippen molar-refractivity contribution in [1.29, 1.82) is 0 Å². The fourth-order valence-corrected chi connectivity index (χ4v) is 4.39. The maximum absolute atomic E-state index is 13.7. The first-order valence-corrected chi connectivity index (χ1v) is 10.7. The molecule has 3 aromatic carbocycles. The van der Waals surface area contributed by atoms with E-state index in [2.05, 4.69) is 16.0 Å². The molecule has 1 aromatic heterocycles. The molecule has 160 valence electrons. The van der Waals surface area contributed by atoms with Crippen molar-refractivity contribution in [3.63, 3.8) is 0 Å². The third kappa shape index (κ3) is 3.56. The molecular formula is C27H24FN3O. The number of anilines is 1. The van der Waals surface area contributed by atoms with Crippen LogP contribution in [0, 0.1) is 19.7 Å². The molecule has 4 aromatic rings. The average molecular weight is 426 g/mol. The predicted molar refractivity (Wildman–Crippen MR) is 124 cm³/mol. The van der Waals surface area contributed by atoms with Crippen molar-refractivity contribution < 1.29 is 9.18 Å². The smallest absolute Gasteiger partial charge is 0.318 e. The SMILES string of the molecule is Cc1ccc(C)c(NC(=O)N2Cc3ccccc3-n3cccc3[C@H]2c2ccc(F)cc2)c1. The average Bonchev–Trinajstić information content (AvgIpc) is 3.21. The molecule has 0 saturated heterocycles. The number of nitrogens with zero attached hydrogens (tertiary/aromatic N) is 2. The van der Waals surface area contributed by atoms with Gasteiger partial charge in [0.1, 0.15) is 5.82 Å². The van der Waals surface area contributed by atoms with Gasteiger partial charge < -0.3 is 14.8 Å². The quantitative estimate of drug-likeness (QED) is 0.398. The molecule has 0 spiro atoms. The molecule has 0 unspecified atom stereocenters. The Morgan fingerprint density at radius 2 is 1.75 bits per heavy atom. The van der Waals surface area contributed by atoms with Crippen LogP contribution >= 0.6 is 0 Å². The van der Waals surface area contributed by atoms with E-state index in [9.17, 15) is 9.18 Å². The van der Waals surface area contributed by atoms with E-state index in [1.807, 2.05) is 73.5 Å². The standard InChI is InChI=1S/C27H24FN3O/c1-18-9-10-19(2)23(16-18)29-27(32)31-17-21-6-3-4-7-24(21)30-15-5-8-25(30)26(31)20-11-13-22(28)14-12-20/h3-16,26H,17H2,1-2H3,(H,29,32)/t26-/m1/s1. The highest BCUT2D eigenvalue weighted by atomic mass is 19.1. The van der Waals surface area contributed by atoms with E-state index in [4.69, 9.17) is 0 Å². The van der Waals surface area contributed by atoms with Gasteiger partial charge in [0, 0.05) is 17.6 Å². The molecule has 1 N–H and O–H groups in total. The third-order valence-electron chi connectivity index (χ3n) is 6.05. The first-order valence-electron chi connectivity index (χ1n) is 10.7. The summed E-state index contributed by atoms with van der Waals surface area (Å²) in [6.07, 6.45) is 2.01. The van der Waals surface area contributed by atoms with E-state index in [1.165, 1.54) is 12.1 Å². The molecular weight excluding hydrogens is 401 g/mol. The first-order chi connectivity index (χ1) is 15.5. The van der Waals surface area contributed by atoms with Crippen LogP contribution < -0.4 is 5.32 Å². The van der Waals surface area contributed by atoms with Gasteiger partial charge in [0.05, 0.1) is 18.3 Å². The van der Waals surface area contributed by atoms with Crippen LogP contribution in [0.2, 0.25) is 0 Å². The highest BCUT2D eigenvalue weighted by Gasteiger charge is 2.33. The number of urea groups is 1. The molecule has 2 amide bonds. The minimum Gasteiger partial charge on any atom is -0.318 e. The lowest BCUT2D eigenvalue weighted by molar-refractivity contribution is 0.194. The van der Waals surface area contributed by atoms with Crippen LogP contribution in [0.25, 0.3) is 5.69 Å². The van der Waals surface area contributed by atoms with E-state index < -0.39 is 0 Å². The molecule has 5 heteroatoms. The molecule has 0 radical (unpaired) electrons. The number of aromatic nitrogens is 1. The molecule has 1 atom stereocenters. The number of carbonyl (C=O) groups is 1. The molecule has 32 heavy (non-hydrogen) atoms. The zero-order chi connectivity index (χ0) is 22.2. The van der Waals surface area contributed by atoms with Crippen molar-refractivity contribution in [2.24, 2.45) is 0 Å². The summed E-state index contributed by atoms with van der Waals surface area (Å²) in [4.78, 5) is 15.5. The van der Waals surface area contributed by atoms with Crippen LogP contribution in [0.15, 0.2) is 85.1 Å². The second kappa shape index (κ2) is 8.00. The van der Waals surface area contributed by atoms with Crippen LogP contribution in [0.3, 0.4) is 0 Å². The Bertz CT molecular complexity index is 1290. The number of rotatable bonds is 2. The van der Waals surface area contributed by atoms with E-state index in [1.54, 1.807) is 12.1 Å². The normalized spacial score (nSPS) is 15.0. The number of benzene rings is 3. The molecule has 4 nitrogen and oxygen atoms in total. The Morgan fingerprint density at radius 1 is 0.969 bits per heavy atom. The van der Waals surface area contributed by atoms with Crippen LogP contribution in [0.1, 0.15) is 34.0 Å². The van der Waals surface area contributed by atoms with Crippen molar-refractivity contribution in [3.8, 4) is 5.69 Å². The van der Waals surface area contributed by atoms with Crippen molar-refractivity contribution in [2.45, 2.75) is 26.4 Å². The van der Waals surface area contributed by atoms with Crippen molar-refractivity contribution in [3.05, 3.63) is 119 Å². The summed E-state index contributed by atoms with van der Waals surface area (Å²) in [5.41, 5.74) is 6.78. The van der Waals surface area contributed by atoms with Gasteiger partial charge in [-0.3, -0.25) is 0 Å². The van der Waals surface area contributed by atoms with E-state index >= 15 is 0 Å². The fourth-order valence-electron chi connectivity index (χ4n) is 4.39. The Balaban J connectivity index is 1.63. The Labute approximate surface area is 186 Å². The summed E-state index contributed by atoms with van der Waals surface area (Å²) in [5.74, 6) is -0.299. The minimum atomic E-state index is -0.372. The largest absolute Gasteiger partial charge is 0.322 e. The Kier molecular flexibility index (Phi) is 5.02. The first kappa shape index (κ1) is 20.1. The van der Waals surface area contributed by atoms with Crippen molar-refractivity contribution in [1.82, 2.24) is 9.47 Å². The van der Waals surface area contributed by atoms with E-state index in [0.29, 0.717) is 6.54 Å². The molecule has 0 aliphatic carbocycles. The number of aryl methyl sites for hydroxylation is 2. The second-order valence-electron chi connectivity index (χ2n) is 8.26. The van der Waals surface area contributed by atoms with Gasteiger partial charge in [-0.1, -0.05) is 42.5 Å². The monoisotopic (exact) mass is 425 g/mol. The summed E-state index contributed by atoms with van der Waals surface area (Å²) in [6.45, 7) is 4.41. The zero-order valence-electron chi connectivity index (χ0n) is 18.0. The van der Waals surface area contributed by atoms with Gasteiger partial charge in [-0.2, -0.15) is 0 Å². The maximum Gasteiger partial charge on any atom is 0.322 e. The number of halogens is 1. The van der Waals surface area contributed by atoms with Crippen molar-refractivity contribution in [2.75, 3.05) is 5.32 Å². The van der Waals surface area contributed by atoms with Crippen LogP contribution in [0.5, 0.6) is 0 Å². The fraction of sp³-hybridized carbons (Fsp3) is 0.148. The van der Waals surface area contributed by atoms with Gasteiger partial charge in [0.25, 0.3) is 0 Å². The molecule has 2 heterocycles. The Hall–Kier alpha value is -3.86. The van der Waals surface area contributed by atoms with Crippen molar-refractivity contribution >= 4 is 11.7 Å². The summed E-state index contributed by atoms with van der Waals surface area (Å²) < 4.78 is 15.8. The predicted octanol–water partition coefficient (Wildman–Crippen LogP) is 6.37. The molecule has 5 rings (SSSR count). The maximum atomic E-state index is 13.7. The summed E-state index contributed by atoms with van der Waals surface area (Å²) in [6, 6.07) is 23.9. The number of para-hydroxylation sites is 1. The van der Waals surface area contributed by atoms with Gasteiger partial charge >= 0.3 is 6.03 Å². The molecule has 1 aliphatic rings. The molecule has 1 aliphatic heterocycles. The lowest BCUT2D eigenvalue weighted by Crippen LogP contribution is -2.38. The topological polar surface area (TPSA) is 37.3 Å². The summed E-state index contributed by atoms with van der Waals surface area (Å²) in [5, 5.41) is 3.12. The molecule has 0 fully saturated rings. The number of amides is 2. The van der Waals surface area contributed by atoms with E-state index in [0.717, 1.165) is 39.3 Å². The van der Waals surface area contributed by atoms with Gasteiger partial charge in [-0.05, 0) is 72.5 Å². The highest BCUT2D eigenvalue weighted by Crippen LogP contribution is 2.37. The Morgan fingerprint density at radius 3 is 2.56 bits per heavy atom. The van der Waals surface area contributed by atoms with Gasteiger partial charge in [-0.25, -0.2) is 9.18 Å². The minimum absolute atomic E-state index is 0.197. The van der Waals surface area contributed by atoms with Gasteiger partial charge in [-0.15, -0.1) is 0 Å². The van der Waals surface area contributed by atoms with Gasteiger partial charge in [0.2, 0.25) is 0 Å². The van der Waals surface area contributed by atoms with Crippen LogP contribution in [-0.4, -0.2) is 15.5 Å².